The summed E-state index contributed by atoms with van der Waals surface area (Å²) in [6.07, 6.45) is 0.276. The average Bonchev–Trinajstić information content (AvgIpc) is 3.43. The molecule has 1 saturated carbocycles. The fourth-order valence-corrected chi connectivity index (χ4v) is 6.00. The van der Waals surface area contributed by atoms with Gasteiger partial charge in [0.2, 0.25) is 5.76 Å². The van der Waals surface area contributed by atoms with Gasteiger partial charge in [-0.3, -0.25) is 9.59 Å². The number of halogens is 3. The zero-order chi connectivity index (χ0) is 28.4. The van der Waals surface area contributed by atoms with Crippen molar-refractivity contribution >= 4 is 28.5 Å². The fourth-order valence-electron chi connectivity index (χ4n) is 6.00. The van der Waals surface area contributed by atoms with Crippen LogP contribution in [0.2, 0.25) is 0 Å². The van der Waals surface area contributed by atoms with Gasteiger partial charge in [0.05, 0.1) is 16.6 Å². The van der Waals surface area contributed by atoms with Crippen LogP contribution < -0.4 is 15.4 Å². The van der Waals surface area contributed by atoms with E-state index in [1.54, 1.807) is 41.1 Å². The Morgan fingerprint density at radius 1 is 1.22 bits per heavy atom. The molecule has 0 unspecified atom stereocenters. The van der Waals surface area contributed by atoms with E-state index in [2.05, 4.69) is 15.8 Å². The zero-order valence-electron chi connectivity index (χ0n) is 21.9. The van der Waals surface area contributed by atoms with Gasteiger partial charge in [-0.1, -0.05) is 36.2 Å². The molecule has 1 atom stereocenters. The normalized spacial score (nSPS) is 19.7. The summed E-state index contributed by atoms with van der Waals surface area (Å²) in [4.78, 5) is 27.0. The smallest absolute Gasteiger partial charge is 0.422 e. The third-order valence-electron chi connectivity index (χ3n) is 8.16. The van der Waals surface area contributed by atoms with E-state index in [9.17, 15) is 22.8 Å². The zero-order valence-corrected chi connectivity index (χ0v) is 21.9. The number of hydrogen-bond donors (Lipinski definition) is 2. The summed E-state index contributed by atoms with van der Waals surface area (Å²) < 4.78 is 49.9. The summed E-state index contributed by atoms with van der Waals surface area (Å²) >= 11 is 0. The van der Waals surface area contributed by atoms with E-state index in [0.29, 0.717) is 59.7 Å². The topological polar surface area (TPSA) is 111 Å². The Hall–Kier alpha value is -4.35. The highest BCUT2D eigenvalue weighted by molar-refractivity contribution is 6.12. The number of carbonyl (C=O) groups is 2. The molecule has 0 bridgehead atoms. The lowest BCUT2D eigenvalue weighted by Gasteiger charge is -2.35. The Balaban J connectivity index is 1.20. The van der Waals surface area contributed by atoms with Gasteiger partial charge in [-0.2, -0.15) is 18.3 Å². The predicted molar refractivity (Wildman–Crippen MR) is 141 cm³/mol. The Labute approximate surface area is 232 Å². The van der Waals surface area contributed by atoms with E-state index in [0.717, 1.165) is 30.4 Å². The van der Waals surface area contributed by atoms with E-state index >= 15 is 0 Å². The molecule has 1 spiro atoms. The van der Waals surface area contributed by atoms with Crippen molar-refractivity contribution in [3.05, 3.63) is 70.6 Å². The van der Waals surface area contributed by atoms with E-state index in [-0.39, 0.29) is 17.4 Å². The molecule has 212 valence electrons. The van der Waals surface area contributed by atoms with Gasteiger partial charge in [0.15, 0.2) is 6.61 Å². The largest absolute Gasteiger partial charge is 0.484 e. The number of rotatable bonds is 7. The number of fused-ring (bicyclic) bond motifs is 4. The van der Waals surface area contributed by atoms with Gasteiger partial charge in [-0.15, -0.1) is 0 Å². The third-order valence-corrected chi connectivity index (χ3v) is 8.16. The molecule has 2 aromatic heterocycles. The van der Waals surface area contributed by atoms with Crippen molar-refractivity contribution < 1.29 is 32.0 Å². The van der Waals surface area contributed by atoms with Crippen LogP contribution in [0.1, 0.15) is 63.4 Å². The minimum absolute atomic E-state index is 0.0465. The van der Waals surface area contributed by atoms with Gasteiger partial charge in [-0.05, 0) is 60.6 Å². The second-order valence-corrected chi connectivity index (χ2v) is 11.0. The first-order chi connectivity index (χ1) is 19.7. The second-order valence-electron chi connectivity index (χ2n) is 11.0. The van der Waals surface area contributed by atoms with Crippen LogP contribution in [-0.2, 0) is 24.9 Å². The van der Waals surface area contributed by atoms with Crippen LogP contribution in [0, 0.1) is 5.92 Å². The van der Waals surface area contributed by atoms with Crippen molar-refractivity contribution in [2.24, 2.45) is 5.92 Å². The number of nitrogens with zero attached hydrogens (tertiary/aromatic N) is 3. The first-order valence-corrected chi connectivity index (χ1v) is 13.6. The van der Waals surface area contributed by atoms with Gasteiger partial charge in [-0.25, -0.2) is 4.68 Å². The maximum absolute atomic E-state index is 13.7. The monoisotopic (exact) mass is 565 g/mol. The Morgan fingerprint density at radius 3 is 2.85 bits per heavy atom. The predicted octanol–water partition coefficient (Wildman–Crippen LogP) is 5.15. The number of nitrogens with one attached hydrogen (secondary N) is 2. The highest BCUT2D eigenvalue weighted by atomic mass is 19.4. The Kier molecular flexibility index (Phi) is 5.84. The summed E-state index contributed by atoms with van der Waals surface area (Å²) in [6.45, 7) is -0.825. The molecule has 9 nitrogen and oxygen atoms in total. The second kappa shape index (κ2) is 9.35. The number of amides is 2. The molecule has 2 amide bonds. The number of carbonyl (C=O) groups excluding carboxylic acids is 2. The van der Waals surface area contributed by atoms with Gasteiger partial charge in [0.1, 0.15) is 22.6 Å². The highest BCUT2D eigenvalue weighted by Crippen LogP contribution is 2.45. The molecular weight excluding hydrogens is 539 g/mol. The van der Waals surface area contributed by atoms with E-state index < -0.39 is 24.2 Å². The first kappa shape index (κ1) is 25.6. The molecule has 0 radical (unpaired) electrons. The highest BCUT2D eigenvalue weighted by Gasteiger charge is 2.47. The minimum atomic E-state index is -4.43. The van der Waals surface area contributed by atoms with Crippen LogP contribution in [0.5, 0.6) is 5.75 Å². The molecule has 2 N–H and O–H groups in total. The van der Waals surface area contributed by atoms with Crippen molar-refractivity contribution in [2.45, 2.75) is 56.8 Å². The molecular formula is C29H26F3N5O4. The molecule has 41 heavy (non-hydrogen) atoms. The first-order valence-electron chi connectivity index (χ1n) is 13.6. The van der Waals surface area contributed by atoms with Crippen LogP contribution in [0.15, 0.2) is 47.0 Å². The molecule has 12 heteroatoms. The van der Waals surface area contributed by atoms with Gasteiger partial charge in [0.25, 0.3) is 11.8 Å². The third kappa shape index (κ3) is 4.70. The number of hydrogen-bond acceptors (Lipinski definition) is 6. The molecule has 4 aromatic rings. The number of ether oxygens (including phenoxy) is 1. The summed E-state index contributed by atoms with van der Waals surface area (Å²) in [5.74, 6) is 0.202. The molecule has 3 aliphatic rings. The van der Waals surface area contributed by atoms with Crippen LogP contribution in [0.4, 0.5) is 19.0 Å². The lowest BCUT2D eigenvalue weighted by Crippen LogP contribution is -2.49. The summed E-state index contributed by atoms with van der Waals surface area (Å²) in [7, 11) is 0. The van der Waals surface area contributed by atoms with Crippen molar-refractivity contribution in [1.29, 1.82) is 0 Å². The molecule has 1 aliphatic heterocycles. The van der Waals surface area contributed by atoms with Gasteiger partial charge < -0.3 is 19.9 Å². The van der Waals surface area contributed by atoms with Crippen molar-refractivity contribution in [2.75, 3.05) is 11.9 Å². The maximum atomic E-state index is 13.7. The maximum Gasteiger partial charge on any atom is 0.422 e. The van der Waals surface area contributed by atoms with Crippen LogP contribution >= 0.6 is 0 Å². The number of alkyl halides is 3. The lowest BCUT2D eigenvalue weighted by molar-refractivity contribution is -0.153. The van der Waals surface area contributed by atoms with Crippen LogP contribution in [0.3, 0.4) is 0 Å². The van der Waals surface area contributed by atoms with Crippen molar-refractivity contribution in [3.63, 3.8) is 0 Å². The SMILES string of the molecule is O=C1N[C@@]2(CCc3cc(OCC(F)(F)F)ccc32)Cc2nn(CCC3CC3)c(NC(=O)c3onc4ccccc34)c21. The summed E-state index contributed by atoms with van der Waals surface area (Å²) in [5, 5.41) is 15.4. The van der Waals surface area contributed by atoms with Gasteiger partial charge >= 0.3 is 6.18 Å². The molecule has 1 fully saturated rings. The van der Waals surface area contributed by atoms with E-state index in [1.807, 2.05) is 0 Å². The van der Waals surface area contributed by atoms with Crippen molar-refractivity contribution in [3.8, 4) is 5.75 Å². The van der Waals surface area contributed by atoms with Gasteiger partial charge in [0, 0.05) is 13.0 Å². The number of aromatic nitrogens is 3. The minimum Gasteiger partial charge on any atom is -0.484 e. The Bertz CT molecular complexity index is 1690. The standard InChI is InChI=1S/C29H26F3N5O4/c30-29(31,32)15-40-18-7-8-20-17(13-18)9-11-28(20)14-22-23(26(38)34-28)25(37(35-22)12-10-16-5-6-16)33-27(39)24-19-3-1-2-4-21(19)36-41-24/h1-4,7-8,13,16H,5-6,9-12,14-15H2,(H,33,39)(H,34,38)/t28-/m0/s1. The van der Waals surface area contributed by atoms with Crippen molar-refractivity contribution in [1.82, 2.24) is 20.3 Å². The average molecular weight is 566 g/mol. The summed E-state index contributed by atoms with van der Waals surface area (Å²) in [6, 6.07) is 11.9. The Morgan fingerprint density at radius 2 is 2.05 bits per heavy atom. The quantitative estimate of drug-likeness (QED) is 0.321. The van der Waals surface area contributed by atoms with E-state index in [1.165, 1.54) is 6.07 Å². The number of anilines is 1. The van der Waals surface area contributed by atoms with Crippen LogP contribution in [0.25, 0.3) is 10.9 Å². The number of benzene rings is 2. The fraction of sp³-hybridized carbons (Fsp3) is 0.379. The van der Waals surface area contributed by atoms with E-state index in [4.69, 9.17) is 14.4 Å². The molecule has 0 saturated heterocycles. The lowest BCUT2D eigenvalue weighted by atomic mass is 9.82. The van der Waals surface area contributed by atoms with Crippen LogP contribution in [-0.4, -0.2) is 39.5 Å². The molecule has 2 aliphatic carbocycles. The molecule has 3 heterocycles. The number of aryl methyl sites for hydroxylation is 2. The molecule has 7 rings (SSSR count). The summed E-state index contributed by atoms with van der Waals surface area (Å²) in [5.41, 5.74) is 2.33. The molecule has 2 aromatic carbocycles.